The lowest BCUT2D eigenvalue weighted by molar-refractivity contribution is 0.0732. The maximum atomic E-state index is 9.81. The summed E-state index contributed by atoms with van der Waals surface area (Å²) in [5.41, 5.74) is 1.34. The SMILES string of the molecule is CCNC(=NCc1ccc(O)c(OCC)c1)NCC1(CCOC)CCC1. The molecule has 0 saturated heterocycles. The van der Waals surface area contributed by atoms with Crippen LogP contribution in [0.15, 0.2) is 23.2 Å². The third-order valence-corrected chi connectivity index (χ3v) is 4.97. The number of aromatic hydroxyl groups is 1. The Morgan fingerprint density at radius 2 is 2.08 bits per heavy atom. The van der Waals surface area contributed by atoms with Gasteiger partial charge < -0.3 is 25.2 Å². The Bertz CT molecular complexity index is 586. The second kappa shape index (κ2) is 10.3. The second-order valence-electron chi connectivity index (χ2n) is 6.88. The molecule has 1 aromatic carbocycles. The number of benzene rings is 1. The van der Waals surface area contributed by atoms with Crippen LogP contribution in [0.1, 0.15) is 45.1 Å². The Labute approximate surface area is 157 Å². The van der Waals surface area contributed by atoms with Gasteiger partial charge in [-0.05, 0) is 56.2 Å². The predicted octanol–water partition coefficient (Wildman–Crippen LogP) is 3.05. The van der Waals surface area contributed by atoms with Crippen LogP contribution in [0.5, 0.6) is 11.5 Å². The van der Waals surface area contributed by atoms with Gasteiger partial charge in [0.05, 0.1) is 13.2 Å². The van der Waals surface area contributed by atoms with E-state index in [0.717, 1.165) is 37.6 Å². The van der Waals surface area contributed by atoms with Crippen molar-refractivity contribution in [1.82, 2.24) is 10.6 Å². The summed E-state index contributed by atoms with van der Waals surface area (Å²) in [5, 5.41) is 16.6. The standard InChI is InChI=1S/C20H33N3O3/c1-4-21-19(23-15-20(9-6-10-20)11-12-25-3)22-14-16-7-8-17(24)18(13-16)26-5-2/h7-8,13,24H,4-6,9-12,14-15H2,1-3H3,(H2,21,22,23). The van der Waals surface area contributed by atoms with E-state index in [9.17, 15) is 5.11 Å². The van der Waals surface area contributed by atoms with Crippen LogP contribution >= 0.6 is 0 Å². The molecule has 0 radical (unpaired) electrons. The summed E-state index contributed by atoms with van der Waals surface area (Å²) in [6, 6.07) is 5.37. The van der Waals surface area contributed by atoms with E-state index in [1.807, 2.05) is 19.1 Å². The number of methoxy groups -OCH3 is 1. The molecule has 1 aromatic rings. The van der Waals surface area contributed by atoms with Gasteiger partial charge in [0.15, 0.2) is 17.5 Å². The van der Waals surface area contributed by atoms with Gasteiger partial charge in [-0.2, -0.15) is 0 Å². The van der Waals surface area contributed by atoms with Crippen molar-refractivity contribution in [3.05, 3.63) is 23.8 Å². The van der Waals surface area contributed by atoms with Crippen molar-refractivity contribution in [2.45, 2.75) is 46.1 Å². The molecular weight excluding hydrogens is 330 g/mol. The van der Waals surface area contributed by atoms with E-state index < -0.39 is 0 Å². The zero-order valence-corrected chi connectivity index (χ0v) is 16.3. The number of aliphatic imine (C=N–C) groups is 1. The number of phenolic OH excluding ortho intramolecular Hbond substituents is 1. The average molecular weight is 364 g/mol. The lowest BCUT2D eigenvalue weighted by Crippen LogP contribution is -2.46. The lowest BCUT2D eigenvalue weighted by atomic mass is 9.67. The first-order valence-corrected chi connectivity index (χ1v) is 9.58. The molecule has 146 valence electrons. The highest BCUT2D eigenvalue weighted by molar-refractivity contribution is 5.79. The molecule has 6 nitrogen and oxygen atoms in total. The number of rotatable bonds is 10. The summed E-state index contributed by atoms with van der Waals surface area (Å²) in [6.45, 7) is 7.56. The van der Waals surface area contributed by atoms with Crippen LogP contribution in [0.2, 0.25) is 0 Å². The summed E-state index contributed by atoms with van der Waals surface area (Å²) < 4.78 is 10.7. The van der Waals surface area contributed by atoms with Crippen LogP contribution in [-0.4, -0.2) is 44.5 Å². The number of nitrogens with one attached hydrogen (secondary N) is 2. The Balaban J connectivity index is 1.96. The topological polar surface area (TPSA) is 75.1 Å². The third kappa shape index (κ3) is 5.80. The first-order chi connectivity index (χ1) is 12.6. The van der Waals surface area contributed by atoms with Gasteiger partial charge in [0.2, 0.25) is 0 Å². The number of phenols is 1. The van der Waals surface area contributed by atoms with Crippen LogP contribution in [0.25, 0.3) is 0 Å². The van der Waals surface area contributed by atoms with E-state index in [4.69, 9.17) is 9.47 Å². The molecule has 2 rings (SSSR count). The molecule has 0 aliphatic heterocycles. The molecule has 3 N–H and O–H groups in total. The minimum atomic E-state index is 0.162. The van der Waals surface area contributed by atoms with Gasteiger partial charge in [0.25, 0.3) is 0 Å². The van der Waals surface area contributed by atoms with Crippen molar-refractivity contribution in [1.29, 1.82) is 0 Å². The molecule has 1 aliphatic carbocycles. The van der Waals surface area contributed by atoms with Gasteiger partial charge >= 0.3 is 0 Å². The van der Waals surface area contributed by atoms with Crippen molar-refractivity contribution in [3.8, 4) is 11.5 Å². The molecule has 26 heavy (non-hydrogen) atoms. The normalized spacial score (nSPS) is 16.0. The zero-order chi connectivity index (χ0) is 18.8. The predicted molar refractivity (Wildman–Crippen MR) is 105 cm³/mol. The van der Waals surface area contributed by atoms with Gasteiger partial charge in [-0.25, -0.2) is 4.99 Å². The van der Waals surface area contributed by atoms with E-state index in [1.165, 1.54) is 19.3 Å². The van der Waals surface area contributed by atoms with Crippen molar-refractivity contribution in [3.63, 3.8) is 0 Å². The zero-order valence-electron chi connectivity index (χ0n) is 16.3. The molecule has 6 heteroatoms. The lowest BCUT2D eigenvalue weighted by Gasteiger charge is -2.42. The number of hydrogen-bond donors (Lipinski definition) is 3. The molecule has 0 spiro atoms. The summed E-state index contributed by atoms with van der Waals surface area (Å²) >= 11 is 0. The van der Waals surface area contributed by atoms with Gasteiger partial charge in [-0.15, -0.1) is 0 Å². The average Bonchev–Trinajstić information content (AvgIpc) is 2.61. The Hall–Kier alpha value is -1.95. The van der Waals surface area contributed by atoms with Gasteiger partial charge in [-0.3, -0.25) is 0 Å². The van der Waals surface area contributed by atoms with Crippen molar-refractivity contribution in [2.75, 3.05) is 33.4 Å². The van der Waals surface area contributed by atoms with E-state index in [-0.39, 0.29) is 5.75 Å². The highest BCUT2D eigenvalue weighted by Gasteiger charge is 2.36. The molecule has 0 bridgehead atoms. The van der Waals surface area contributed by atoms with Gasteiger partial charge in [-0.1, -0.05) is 12.5 Å². The van der Waals surface area contributed by atoms with E-state index >= 15 is 0 Å². The van der Waals surface area contributed by atoms with Crippen molar-refractivity contribution in [2.24, 2.45) is 10.4 Å². The summed E-state index contributed by atoms with van der Waals surface area (Å²) in [5.74, 6) is 1.49. The Morgan fingerprint density at radius 3 is 2.69 bits per heavy atom. The molecular formula is C20H33N3O3. The minimum Gasteiger partial charge on any atom is -0.504 e. The highest BCUT2D eigenvalue weighted by Crippen LogP contribution is 2.43. The van der Waals surface area contributed by atoms with Crippen LogP contribution < -0.4 is 15.4 Å². The van der Waals surface area contributed by atoms with E-state index in [2.05, 4.69) is 22.5 Å². The fourth-order valence-electron chi connectivity index (χ4n) is 3.22. The molecule has 1 fully saturated rings. The Morgan fingerprint density at radius 1 is 1.27 bits per heavy atom. The summed E-state index contributed by atoms with van der Waals surface area (Å²) in [4.78, 5) is 4.68. The minimum absolute atomic E-state index is 0.162. The highest BCUT2D eigenvalue weighted by atomic mass is 16.5. The first-order valence-electron chi connectivity index (χ1n) is 9.58. The monoisotopic (exact) mass is 363 g/mol. The van der Waals surface area contributed by atoms with Crippen molar-refractivity contribution >= 4 is 5.96 Å². The number of ether oxygens (including phenoxy) is 2. The molecule has 0 amide bonds. The summed E-state index contributed by atoms with van der Waals surface area (Å²) in [6.07, 6.45) is 4.88. The molecule has 1 aliphatic rings. The number of nitrogens with zero attached hydrogens (tertiary/aromatic N) is 1. The van der Waals surface area contributed by atoms with E-state index in [1.54, 1.807) is 13.2 Å². The number of hydrogen-bond acceptors (Lipinski definition) is 4. The molecule has 0 heterocycles. The van der Waals surface area contributed by atoms with E-state index in [0.29, 0.717) is 24.3 Å². The van der Waals surface area contributed by atoms with Crippen LogP contribution in [0, 0.1) is 5.41 Å². The van der Waals surface area contributed by atoms with Crippen LogP contribution in [0.4, 0.5) is 0 Å². The van der Waals surface area contributed by atoms with Crippen molar-refractivity contribution < 1.29 is 14.6 Å². The third-order valence-electron chi connectivity index (χ3n) is 4.97. The molecule has 0 unspecified atom stereocenters. The van der Waals surface area contributed by atoms with Crippen LogP contribution in [-0.2, 0) is 11.3 Å². The van der Waals surface area contributed by atoms with Gasteiger partial charge in [0, 0.05) is 26.8 Å². The largest absolute Gasteiger partial charge is 0.504 e. The maximum Gasteiger partial charge on any atom is 0.191 e. The molecule has 0 atom stereocenters. The second-order valence-corrected chi connectivity index (χ2v) is 6.88. The van der Waals surface area contributed by atoms with Crippen LogP contribution in [0.3, 0.4) is 0 Å². The quantitative estimate of drug-likeness (QED) is 0.440. The maximum absolute atomic E-state index is 9.81. The first kappa shape index (κ1) is 20.4. The smallest absolute Gasteiger partial charge is 0.191 e. The summed E-state index contributed by atoms with van der Waals surface area (Å²) in [7, 11) is 1.76. The van der Waals surface area contributed by atoms with Gasteiger partial charge in [0.1, 0.15) is 0 Å². The molecule has 1 saturated carbocycles. The number of guanidine groups is 1. The fourth-order valence-corrected chi connectivity index (χ4v) is 3.22. The Kier molecular flexibility index (Phi) is 8.04. The molecule has 0 aromatic heterocycles. The fraction of sp³-hybridized carbons (Fsp3) is 0.650.